The lowest BCUT2D eigenvalue weighted by Gasteiger charge is -2.17. The van der Waals surface area contributed by atoms with Crippen LogP contribution in [-0.2, 0) is 30.2 Å². The minimum atomic E-state index is -0.711. The summed E-state index contributed by atoms with van der Waals surface area (Å²) in [5.41, 5.74) is 6.16. The standard InChI is InChI=1S/C36H42O6/c1-4-7-8-11-28-12-14-29(15-13-28)30-16-18-31(19-17-30)32-20-22-33(23-21-32)40-25-10-9-24-39-26-34(42-36(38)6-3)27-41-35(37)5-2/h5-6,12-23,34H,2-4,7-11,24-27H2,1H3. The fourth-order valence-electron chi connectivity index (χ4n) is 4.32. The van der Waals surface area contributed by atoms with E-state index < -0.39 is 18.0 Å². The normalized spacial score (nSPS) is 11.4. The van der Waals surface area contributed by atoms with Crippen LogP contribution in [0.1, 0.15) is 44.6 Å². The van der Waals surface area contributed by atoms with Gasteiger partial charge in [-0.3, -0.25) is 0 Å². The summed E-state index contributed by atoms with van der Waals surface area (Å²) in [6, 6.07) is 25.7. The van der Waals surface area contributed by atoms with Crippen LogP contribution in [-0.4, -0.2) is 44.5 Å². The smallest absolute Gasteiger partial charge is 0.330 e. The molecule has 0 heterocycles. The molecule has 0 saturated carbocycles. The van der Waals surface area contributed by atoms with E-state index in [0.717, 1.165) is 48.3 Å². The molecule has 42 heavy (non-hydrogen) atoms. The van der Waals surface area contributed by atoms with Crippen LogP contribution in [0.25, 0.3) is 22.3 Å². The highest BCUT2D eigenvalue weighted by Crippen LogP contribution is 2.27. The Labute approximate surface area is 250 Å². The van der Waals surface area contributed by atoms with Gasteiger partial charge in [0.2, 0.25) is 0 Å². The third-order valence-electron chi connectivity index (χ3n) is 6.71. The van der Waals surface area contributed by atoms with E-state index >= 15 is 0 Å². The first-order valence-corrected chi connectivity index (χ1v) is 14.6. The Morgan fingerprint density at radius 1 is 0.690 bits per heavy atom. The maximum absolute atomic E-state index is 11.5. The second kappa shape index (κ2) is 18.3. The van der Waals surface area contributed by atoms with Gasteiger partial charge in [-0.25, -0.2) is 9.59 Å². The number of esters is 2. The zero-order valence-corrected chi connectivity index (χ0v) is 24.6. The van der Waals surface area contributed by atoms with Crippen molar-refractivity contribution in [2.45, 2.75) is 51.6 Å². The Kier molecular flexibility index (Phi) is 14.1. The number of hydrogen-bond acceptors (Lipinski definition) is 6. The molecule has 0 fully saturated rings. The summed E-state index contributed by atoms with van der Waals surface area (Å²) in [5, 5.41) is 0. The average Bonchev–Trinajstić information content (AvgIpc) is 3.03. The molecule has 0 bridgehead atoms. The van der Waals surface area contributed by atoms with E-state index in [1.165, 1.54) is 36.0 Å². The number of rotatable bonds is 19. The van der Waals surface area contributed by atoms with E-state index in [9.17, 15) is 9.59 Å². The Hall–Kier alpha value is -4.16. The molecule has 0 aliphatic heterocycles. The van der Waals surface area contributed by atoms with Crippen molar-refractivity contribution >= 4 is 11.9 Å². The maximum Gasteiger partial charge on any atom is 0.330 e. The van der Waals surface area contributed by atoms with Crippen molar-refractivity contribution in [3.63, 3.8) is 0 Å². The molecule has 3 aromatic carbocycles. The van der Waals surface area contributed by atoms with Gasteiger partial charge in [0.1, 0.15) is 12.4 Å². The second-order valence-corrected chi connectivity index (χ2v) is 9.98. The minimum Gasteiger partial charge on any atom is -0.494 e. The topological polar surface area (TPSA) is 71.1 Å². The van der Waals surface area contributed by atoms with Crippen molar-refractivity contribution in [3.05, 3.63) is 104 Å². The van der Waals surface area contributed by atoms with Crippen LogP contribution in [0.2, 0.25) is 0 Å². The zero-order chi connectivity index (χ0) is 30.0. The van der Waals surface area contributed by atoms with Crippen LogP contribution in [0.4, 0.5) is 0 Å². The first kappa shape index (κ1) is 32.4. The molecule has 0 aliphatic rings. The molecule has 0 spiro atoms. The number of aryl methyl sites for hydroxylation is 1. The SMILES string of the molecule is C=CC(=O)OCC(COCCCCOc1ccc(-c2ccc(-c3ccc(CCCCC)cc3)cc2)cc1)OC(=O)C=C. The molecule has 0 aliphatic carbocycles. The fraction of sp³-hybridized carbons (Fsp3) is 0.333. The van der Waals surface area contributed by atoms with Crippen molar-refractivity contribution in [2.75, 3.05) is 26.4 Å². The monoisotopic (exact) mass is 570 g/mol. The van der Waals surface area contributed by atoms with Gasteiger partial charge in [0.15, 0.2) is 6.10 Å². The molecular weight excluding hydrogens is 528 g/mol. The molecular formula is C36H42O6. The van der Waals surface area contributed by atoms with Crippen molar-refractivity contribution in [2.24, 2.45) is 0 Å². The average molecular weight is 571 g/mol. The third kappa shape index (κ3) is 11.4. The van der Waals surface area contributed by atoms with E-state index in [1.807, 2.05) is 12.1 Å². The lowest BCUT2D eigenvalue weighted by atomic mass is 9.98. The largest absolute Gasteiger partial charge is 0.494 e. The van der Waals surface area contributed by atoms with Gasteiger partial charge in [0, 0.05) is 18.8 Å². The van der Waals surface area contributed by atoms with Crippen molar-refractivity contribution < 1.29 is 28.5 Å². The summed E-state index contributed by atoms with van der Waals surface area (Å²) in [5.74, 6) is -0.379. The van der Waals surface area contributed by atoms with E-state index in [1.54, 1.807) is 0 Å². The van der Waals surface area contributed by atoms with Gasteiger partial charge in [0.25, 0.3) is 0 Å². The van der Waals surface area contributed by atoms with Gasteiger partial charge in [0.05, 0.1) is 13.2 Å². The van der Waals surface area contributed by atoms with E-state index in [2.05, 4.69) is 80.7 Å². The van der Waals surface area contributed by atoms with Crippen LogP contribution in [0.15, 0.2) is 98.1 Å². The number of carbonyl (C=O) groups excluding carboxylic acids is 2. The predicted molar refractivity (Wildman–Crippen MR) is 167 cm³/mol. The lowest BCUT2D eigenvalue weighted by molar-refractivity contribution is -0.156. The van der Waals surface area contributed by atoms with Gasteiger partial charge in [-0.2, -0.15) is 0 Å². The Balaban J connectivity index is 1.37. The zero-order valence-electron chi connectivity index (χ0n) is 24.6. The van der Waals surface area contributed by atoms with Crippen molar-refractivity contribution in [1.82, 2.24) is 0 Å². The van der Waals surface area contributed by atoms with Crippen LogP contribution in [0.3, 0.4) is 0 Å². The summed E-state index contributed by atoms with van der Waals surface area (Å²) < 4.78 is 21.6. The molecule has 3 rings (SSSR count). The quantitative estimate of drug-likeness (QED) is 0.0834. The molecule has 0 N–H and O–H groups in total. The van der Waals surface area contributed by atoms with E-state index in [0.29, 0.717) is 13.2 Å². The van der Waals surface area contributed by atoms with Crippen molar-refractivity contribution in [1.29, 1.82) is 0 Å². The summed E-state index contributed by atoms with van der Waals surface area (Å²) in [6.07, 6.45) is 7.88. The first-order valence-electron chi connectivity index (χ1n) is 14.6. The summed E-state index contributed by atoms with van der Waals surface area (Å²) >= 11 is 0. The number of carbonyl (C=O) groups is 2. The summed E-state index contributed by atoms with van der Waals surface area (Å²) in [4.78, 5) is 22.8. The molecule has 0 radical (unpaired) electrons. The van der Waals surface area contributed by atoms with Crippen LogP contribution < -0.4 is 4.74 Å². The molecule has 0 saturated heterocycles. The predicted octanol–water partition coefficient (Wildman–Crippen LogP) is 7.76. The molecule has 6 heteroatoms. The number of benzene rings is 3. The lowest BCUT2D eigenvalue weighted by Crippen LogP contribution is -2.29. The van der Waals surface area contributed by atoms with Gasteiger partial charge < -0.3 is 18.9 Å². The number of hydrogen-bond donors (Lipinski definition) is 0. The highest BCUT2D eigenvalue weighted by molar-refractivity contribution is 5.82. The first-order chi connectivity index (χ1) is 20.5. The maximum atomic E-state index is 11.5. The summed E-state index contributed by atoms with van der Waals surface area (Å²) in [6.45, 7) is 9.96. The molecule has 3 aromatic rings. The molecule has 1 atom stereocenters. The van der Waals surface area contributed by atoms with Gasteiger partial charge in [-0.05, 0) is 65.6 Å². The van der Waals surface area contributed by atoms with Gasteiger partial charge in [-0.15, -0.1) is 0 Å². The summed E-state index contributed by atoms with van der Waals surface area (Å²) in [7, 11) is 0. The van der Waals surface area contributed by atoms with Crippen LogP contribution in [0.5, 0.6) is 5.75 Å². The number of ether oxygens (including phenoxy) is 4. The Morgan fingerprint density at radius 2 is 1.24 bits per heavy atom. The molecule has 0 aromatic heterocycles. The number of unbranched alkanes of at least 4 members (excludes halogenated alkanes) is 3. The Morgan fingerprint density at radius 3 is 1.81 bits per heavy atom. The van der Waals surface area contributed by atoms with Gasteiger partial charge >= 0.3 is 11.9 Å². The molecule has 1 unspecified atom stereocenters. The molecule has 222 valence electrons. The van der Waals surface area contributed by atoms with Crippen LogP contribution >= 0.6 is 0 Å². The molecule has 0 amide bonds. The minimum absolute atomic E-state index is 0.110. The fourth-order valence-corrected chi connectivity index (χ4v) is 4.32. The van der Waals surface area contributed by atoms with Crippen molar-refractivity contribution in [3.8, 4) is 28.0 Å². The van der Waals surface area contributed by atoms with Gasteiger partial charge in [-0.1, -0.05) is 93.6 Å². The highest BCUT2D eigenvalue weighted by atomic mass is 16.6. The third-order valence-corrected chi connectivity index (χ3v) is 6.71. The second-order valence-electron chi connectivity index (χ2n) is 9.98. The Bertz CT molecular complexity index is 1250. The van der Waals surface area contributed by atoms with E-state index in [-0.39, 0.29) is 13.2 Å². The van der Waals surface area contributed by atoms with E-state index in [4.69, 9.17) is 18.9 Å². The molecule has 6 nitrogen and oxygen atoms in total. The van der Waals surface area contributed by atoms with Crippen LogP contribution in [0, 0.1) is 0 Å². The highest BCUT2D eigenvalue weighted by Gasteiger charge is 2.15.